The molecule has 0 N–H and O–H groups in total. The Morgan fingerprint density at radius 2 is 0.981 bits per heavy atom. The van der Waals surface area contributed by atoms with Gasteiger partial charge < -0.3 is 8.83 Å². The highest BCUT2D eigenvalue weighted by Gasteiger charge is 2.21. The molecule has 2 aromatic heterocycles. The van der Waals surface area contributed by atoms with Crippen LogP contribution in [0, 0.1) is 0 Å². The van der Waals surface area contributed by atoms with Gasteiger partial charge in [-0.1, -0.05) is 177 Å². The van der Waals surface area contributed by atoms with Gasteiger partial charge in [0.15, 0.2) is 0 Å². The highest BCUT2D eigenvalue weighted by molar-refractivity contribution is 6.33. The highest BCUT2D eigenvalue weighted by atomic mass is 16.3. The molecule has 10 rings (SSSR count). The summed E-state index contributed by atoms with van der Waals surface area (Å²) in [5.41, 5.74) is 10.0. The van der Waals surface area contributed by atoms with Crippen LogP contribution in [0.15, 0.2) is 204 Å². The molecular weight excluding hydrogens is 657 g/mol. The van der Waals surface area contributed by atoms with Gasteiger partial charge in [0.05, 0.1) is 5.39 Å². The van der Waals surface area contributed by atoms with Gasteiger partial charge in [-0.05, 0) is 78.5 Å². The third kappa shape index (κ3) is 4.96. The summed E-state index contributed by atoms with van der Waals surface area (Å²) >= 11 is 0. The molecule has 0 unspecified atom stereocenters. The number of para-hydroxylation sites is 1. The third-order valence-corrected chi connectivity index (χ3v) is 10.6. The van der Waals surface area contributed by atoms with E-state index in [2.05, 4.69) is 165 Å². The molecule has 8 aromatic carbocycles. The number of hydrogen-bond acceptors (Lipinski definition) is 2. The van der Waals surface area contributed by atoms with Crippen molar-refractivity contribution in [2.75, 3.05) is 0 Å². The van der Waals surface area contributed by atoms with E-state index in [1.165, 1.54) is 5.39 Å². The molecule has 254 valence electrons. The molecule has 2 heterocycles. The van der Waals surface area contributed by atoms with E-state index >= 15 is 0 Å². The maximum atomic E-state index is 6.77. The molecule has 0 atom stereocenters. The minimum atomic E-state index is 0.848. The van der Waals surface area contributed by atoms with E-state index in [0.717, 1.165) is 104 Å². The third-order valence-electron chi connectivity index (χ3n) is 10.6. The summed E-state index contributed by atoms with van der Waals surface area (Å²) < 4.78 is 13.3. The van der Waals surface area contributed by atoms with E-state index in [9.17, 15) is 0 Å². The van der Waals surface area contributed by atoms with Gasteiger partial charge in [-0.15, -0.1) is 0 Å². The van der Waals surface area contributed by atoms with Crippen LogP contribution in [0.25, 0.3) is 104 Å². The Morgan fingerprint density at radius 1 is 0.426 bits per heavy atom. The number of furan rings is 2. The molecule has 0 aliphatic heterocycles. The van der Waals surface area contributed by atoms with E-state index in [4.69, 9.17) is 8.83 Å². The minimum absolute atomic E-state index is 0.848. The summed E-state index contributed by atoms with van der Waals surface area (Å²) in [6, 6.07) is 58.0. The lowest BCUT2D eigenvalue weighted by molar-refractivity contribution is 0.665. The van der Waals surface area contributed by atoms with Crippen molar-refractivity contribution < 1.29 is 8.83 Å². The van der Waals surface area contributed by atoms with E-state index in [1.807, 2.05) is 24.3 Å². The van der Waals surface area contributed by atoms with Gasteiger partial charge >= 0.3 is 0 Å². The predicted molar refractivity (Wildman–Crippen MR) is 230 cm³/mol. The van der Waals surface area contributed by atoms with E-state index in [1.54, 1.807) is 6.08 Å². The van der Waals surface area contributed by atoms with Crippen LogP contribution in [0.3, 0.4) is 0 Å². The van der Waals surface area contributed by atoms with Gasteiger partial charge in [0.2, 0.25) is 0 Å². The fraction of sp³-hybridized carbons (Fsp3) is 0. The molecule has 0 amide bonds. The van der Waals surface area contributed by atoms with Gasteiger partial charge in [-0.25, -0.2) is 0 Å². The Labute approximate surface area is 312 Å². The number of benzene rings is 7. The maximum Gasteiger partial charge on any atom is 0.147 e. The number of allylic oxidation sites excluding steroid dienone is 4. The Balaban J connectivity index is 1.26. The molecule has 10 aromatic rings. The van der Waals surface area contributed by atoms with Crippen LogP contribution in [0.5, 0.6) is 0 Å². The average Bonchev–Trinajstić information content (AvgIpc) is 3.80. The monoisotopic (exact) mass is 690 g/mol. The van der Waals surface area contributed by atoms with Crippen molar-refractivity contribution in [2.45, 2.75) is 0 Å². The van der Waals surface area contributed by atoms with Crippen LogP contribution in [0.2, 0.25) is 0 Å². The van der Waals surface area contributed by atoms with Crippen molar-refractivity contribution in [3.8, 4) is 22.3 Å². The normalized spacial score (nSPS) is 11.8. The second kappa shape index (κ2) is 12.8. The topological polar surface area (TPSA) is 26.3 Å². The van der Waals surface area contributed by atoms with Crippen molar-refractivity contribution in [2.24, 2.45) is 0 Å². The van der Waals surface area contributed by atoms with Gasteiger partial charge in [-0.3, -0.25) is 0 Å². The van der Waals surface area contributed by atoms with Crippen LogP contribution in [-0.2, 0) is 0 Å². The van der Waals surface area contributed by atoms with Gasteiger partial charge in [0, 0.05) is 21.5 Å². The summed E-state index contributed by atoms with van der Waals surface area (Å²) in [6.45, 7) is 8.22. The molecule has 0 bridgehead atoms. The molecule has 54 heavy (non-hydrogen) atoms. The predicted octanol–water partition coefficient (Wildman–Crippen LogP) is 15.2. The molecule has 2 heteroatoms. The smallest absolute Gasteiger partial charge is 0.147 e. The first-order chi connectivity index (χ1) is 26.7. The Hall–Kier alpha value is -7.16. The summed E-state index contributed by atoms with van der Waals surface area (Å²) in [5, 5.41) is 11.1. The lowest BCUT2D eigenvalue weighted by Gasteiger charge is -2.14. The van der Waals surface area contributed by atoms with Crippen molar-refractivity contribution in [1.29, 1.82) is 0 Å². The first kappa shape index (κ1) is 31.6. The minimum Gasteiger partial charge on any atom is -0.455 e. The fourth-order valence-electron chi connectivity index (χ4n) is 8.21. The Morgan fingerprint density at radius 3 is 1.74 bits per heavy atom. The first-order valence-corrected chi connectivity index (χ1v) is 18.2. The van der Waals surface area contributed by atoms with E-state index < -0.39 is 0 Å². The van der Waals surface area contributed by atoms with Crippen LogP contribution in [0.4, 0.5) is 0 Å². The molecule has 0 aliphatic carbocycles. The Kier molecular flexibility index (Phi) is 7.49. The lowest BCUT2D eigenvalue weighted by Crippen LogP contribution is -1.88. The van der Waals surface area contributed by atoms with Gasteiger partial charge in [0.25, 0.3) is 0 Å². The maximum absolute atomic E-state index is 6.77. The molecule has 0 aliphatic rings. The standard InChI is InChI=1S/C52H34O2/c1-3-4-17-33(2)35-29-30-42(39-22-11-9-20-37(35)39)41-19-8-6-5-7-18-36(38-21-10-12-23-40(38)41)34-28-31-48-46(32-34)49-43-24-13-14-25-44(43)51-50(52(49)54-48)45-26-15-16-27-47(45)53-51/h3-32H,1-2H2/b6-5?,7-5?,8-6?,17-4-,18-7?,19-8?,36-18?,38-36?,41-19?,41-40?. The number of hydrogen-bond donors (Lipinski definition) is 0. The molecule has 0 spiro atoms. The zero-order chi connectivity index (χ0) is 36.2. The second-order valence-corrected chi connectivity index (χ2v) is 13.7. The highest BCUT2D eigenvalue weighted by Crippen LogP contribution is 2.46. The van der Waals surface area contributed by atoms with Crippen LogP contribution >= 0.6 is 0 Å². The molecular formula is C52H34O2. The number of rotatable bonds is 5. The fourth-order valence-corrected chi connectivity index (χ4v) is 8.21. The summed E-state index contributed by atoms with van der Waals surface area (Å²) in [6.07, 6.45) is 5.73. The average molecular weight is 691 g/mol. The van der Waals surface area contributed by atoms with Crippen molar-refractivity contribution in [1.82, 2.24) is 0 Å². The Bertz CT molecular complexity index is 3260. The second-order valence-electron chi connectivity index (χ2n) is 13.7. The molecule has 0 saturated carbocycles. The van der Waals surface area contributed by atoms with Gasteiger partial charge in [-0.2, -0.15) is 0 Å². The zero-order valence-electron chi connectivity index (χ0n) is 29.6. The van der Waals surface area contributed by atoms with E-state index in [-0.39, 0.29) is 0 Å². The number of fused-ring (bicyclic) bond motifs is 12. The van der Waals surface area contributed by atoms with Crippen LogP contribution in [-0.4, -0.2) is 0 Å². The SMILES string of the molecule is C=C/C=C\C(=C)c1ccc(-c2ccccccc(-c3ccc4oc5c(c4c3)c3ccccc3c3oc4ccccc4c35)c3ccccc23)c2ccccc12. The zero-order valence-corrected chi connectivity index (χ0v) is 29.6. The molecule has 2 nitrogen and oxygen atoms in total. The summed E-state index contributed by atoms with van der Waals surface area (Å²) in [7, 11) is 0. The lowest BCUT2D eigenvalue weighted by atomic mass is 9.89. The van der Waals surface area contributed by atoms with Crippen LogP contribution < -0.4 is 0 Å². The molecule has 0 fully saturated rings. The van der Waals surface area contributed by atoms with E-state index in [0.29, 0.717) is 0 Å². The van der Waals surface area contributed by atoms with Crippen molar-refractivity contribution >= 4 is 81.8 Å². The molecule has 0 saturated heterocycles. The first-order valence-electron chi connectivity index (χ1n) is 18.2. The quantitative estimate of drug-likeness (QED) is 0.168. The van der Waals surface area contributed by atoms with Crippen molar-refractivity contribution in [3.05, 3.63) is 201 Å². The van der Waals surface area contributed by atoms with Crippen LogP contribution in [0.1, 0.15) is 5.56 Å². The largest absolute Gasteiger partial charge is 0.455 e. The van der Waals surface area contributed by atoms with Gasteiger partial charge in [0.1, 0.15) is 22.3 Å². The molecule has 0 radical (unpaired) electrons. The summed E-state index contributed by atoms with van der Waals surface area (Å²) in [5.74, 6) is 0. The summed E-state index contributed by atoms with van der Waals surface area (Å²) in [4.78, 5) is 0. The van der Waals surface area contributed by atoms with Crippen molar-refractivity contribution in [3.63, 3.8) is 0 Å².